The van der Waals surface area contributed by atoms with E-state index in [1.165, 1.54) is 12.3 Å². The summed E-state index contributed by atoms with van der Waals surface area (Å²) in [6.45, 7) is 2.84. The van der Waals surface area contributed by atoms with Crippen molar-refractivity contribution >= 4 is 23.4 Å². The first-order valence-electron chi connectivity index (χ1n) is 6.32. The first kappa shape index (κ1) is 15.7. The molecule has 0 aliphatic heterocycles. The molecule has 1 unspecified atom stereocenters. The Bertz CT molecular complexity index is 420. The number of hydrogen-bond acceptors (Lipinski definition) is 4. The monoisotopic (exact) mass is 286 g/mol. The lowest BCUT2D eigenvalue weighted by Gasteiger charge is -2.16. The Hall–Kier alpha value is -1.33. The van der Waals surface area contributed by atoms with Gasteiger partial charge in [-0.25, -0.2) is 9.78 Å². The second-order valence-electron chi connectivity index (χ2n) is 4.37. The molecule has 19 heavy (non-hydrogen) atoms. The highest BCUT2D eigenvalue weighted by Crippen LogP contribution is 2.24. The summed E-state index contributed by atoms with van der Waals surface area (Å²) in [5.74, 6) is -0.377. The van der Waals surface area contributed by atoms with Gasteiger partial charge in [0.25, 0.3) is 0 Å². The van der Waals surface area contributed by atoms with Crippen LogP contribution in [0.3, 0.4) is 0 Å². The van der Waals surface area contributed by atoms with Crippen LogP contribution in [0.4, 0.5) is 5.82 Å². The molecule has 0 aliphatic carbocycles. The van der Waals surface area contributed by atoms with Gasteiger partial charge in [0.05, 0.1) is 10.6 Å². The number of aliphatic hydroxyl groups excluding tert-OH is 1. The third-order valence-corrected chi connectivity index (χ3v) is 3.29. The van der Waals surface area contributed by atoms with E-state index in [4.69, 9.17) is 21.8 Å². The molecule has 0 radical (unpaired) electrons. The molecule has 1 rings (SSSR count). The van der Waals surface area contributed by atoms with Gasteiger partial charge in [0.2, 0.25) is 0 Å². The number of aromatic carboxylic acids is 1. The molecule has 0 aliphatic rings. The standard InChI is InChI=1S/C13H19ClN2O3/c1-2-3-9(5-7-17)8-16-12-11(14)10(13(18)19)4-6-15-12/h4,6,9,17H,2-3,5,7-8H2,1H3,(H,15,16)(H,18,19). The number of aliphatic hydroxyl groups is 1. The number of hydrogen-bond donors (Lipinski definition) is 3. The number of aromatic nitrogens is 1. The Balaban J connectivity index is 2.71. The van der Waals surface area contributed by atoms with Crippen molar-refractivity contribution in [2.24, 2.45) is 5.92 Å². The summed E-state index contributed by atoms with van der Waals surface area (Å²) in [6, 6.07) is 1.37. The third-order valence-electron chi connectivity index (χ3n) is 2.91. The minimum Gasteiger partial charge on any atom is -0.478 e. The van der Waals surface area contributed by atoms with Gasteiger partial charge in [0.15, 0.2) is 0 Å². The van der Waals surface area contributed by atoms with Gasteiger partial charge in [-0.1, -0.05) is 24.9 Å². The van der Waals surface area contributed by atoms with Crippen LogP contribution in [0.2, 0.25) is 5.02 Å². The van der Waals surface area contributed by atoms with Gasteiger partial charge in [-0.2, -0.15) is 0 Å². The summed E-state index contributed by atoms with van der Waals surface area (Å²) in [6.07, 6.45) is 4.14. The minimum absolute atomic E-state index is 0.0355. The molecule has 0 amide bonds. The highest BCUT2D eigenvalue weighted by molar-refractivity contribution is 6.35. The summed E-state index contributed by atoms with van der Waals surface area (Å²) in [5.41, 5.74) is 0.0355. The largest absolute Gasteiger partial charge is 0.478 e. The predicted octanol–water partition coefficient (Wildman–Crippen LogP) is 2.64. The number of carbonyl (C=O) groups is 1. The molecule has 0 fully saturated rings. The number of rotatable bonds is 8. The van der Waals surface area contributed by atoms with Crippen LogP contribution in [-0.4, -0.2) is 34.3 Å². The zero-order valence-electron chi connectivity index (χ0n) is 10.9. The normalized spacial score (nSPS) is 12.2. The van der Waals surface area contributed by atoms with Crippen LogP contribution in [0.25, 0.3) is 0 Å². The average molecular weight is 287 g/mol. The third kappa shape index (κ3) is 4.69. The second kappa shape index (κ2) is 7.96. The topological polar surface area (TPSA) is 82.5 Å². The van der Waals surface area contributed by atoms with E-state index < -0.39 is 5.97 Å². The van der Waals surface area contributed by atoms with E-state index in [1.54, 1.807) is 0 Å². The van der Waals surface area contributed by atoms with E-state index in [1.807, 2.05) is 0 Å². The van der Waals surface area contributed by atoms with Gasteiger partial charge in [-0.15, -0.1) is 0 Å². The molecular formula is C13H19ClN2O3. The molecule has 0 spiro atoms. The maximum absolute atomic E-state index is 10.9. The van der Waals surface area contributed by atoms with Crippen molar-refractivity contribution in [3.05, 3.63) is 22.8 Å². The molecule has 1 aromatic heterocycles. The maximum atomic E-state index is 10.9. The van der Waals surface area contributed by atoms with Crippen molar-refractivity contribution in [1.29, 1.82) is 0 Å². The van der Waals surface area contributed by atoms with Gasteiger partial charge in [0, 0.05) is 19.3 Å². The Kier molecular flexibility index (Phi) is 6.59. The summed E-state index contributed by atoms with van der Waals surface area (Å²) in [4.78, 5) is 15.0. The molecule has 5 nitrogen and oxygen atoms in total. The number of nitrogens with one attached hydrogen (secondary N) is 1. The Morgan fingerprint density at radius 1 is 1.53 bits per heavy atom. The van der Waals surface area contributed by atoms with Crippen LogP contribution < -0.4 is 5.32 Å². The molecule has 0 bridgehead atoms. The van der Waals surface area contributed by atoms with Crippen LogP contribution in [0.5, 0.6) is 0 Å². The van der Waals surface area contributed by atoms with Crippen LogP contribution in [0.15, 0.2) is 12.3 Å². The fourth-order valence-electron chi connectivity index (χ4n) is 1.91. The van der Waals surface area contributed by atoms with Crippen molar-refractivity contribution in [2.75, 3.05) is 18.5 Å². The SMILES string of the molecule is CCCC(CCO)CNc1nccc(C(=O)O)c1Cl. The molecule has 106 valence electrons. The molecule has 0 saturated heterocycles. The molecule has 0 aromatic carbocycles. The van der Waals surface area contributed by atoms with E-state index >= 15 is 0 Å². The zero-order valence-corrected chi connectivity index (χ0v) is 11.7. The number of anilines is 1. The molecule has 0 saturated carbocycles. The number of pyridine rings is 1. The van der Waals surface area contributed by atoms with Crippen LogP contribution in [0, 0.1) is 5.92 Å². The van der Waals surface area contributed by atoms with E-state index in [-0.39, 0.29) is 17.2 Å². The smallest absolute Gasteiger partial charge is 0.337 e. The Labute approximate surface area is 117 Å². The van der Waals surface area contributed by atoms with E-state index in [9.17, 15) is 4.79 Å². The molecule has 1 aromatic rings. The summed E-state index contributed by atoms with van der Waals surface area (Å²) in [7, 11) is 0. The van der Waals surface area contributed by atoms with Gasteiger partial charge >= 0.3 is 5.97 Å². The Morgan fingerprint density at radius 3 is 2.84 bits per heavy atom. The summed E-state index contributed by atoms with van der Waals surface area (Å²) < 4.78 is 0. The molecule has 6 heteroatoms. The van der Waals surface area contributed by atoms with Crippen molar-refractivity contribution in [3.63, 3.8) is 0 Å². The number of nitrogens with zero attached hydrogens (tertiary/aromatic N) is 1. The number of carboxylic acids is 1. The lowest BCUT2D eigenvalue weighted by Crippen LogP contribution is -2.17. The quantitative estimate of drug-likeness (QED) is 0.684. The van der Waals surface area contributed by atoms with Crippen molar-refractivity contribution < 1.29 is 15.0 Å². The number of halogens is 1. The minimum atomic E-state index is -1.07. The van der Waals surface area contributed by atoms with Crippen molar-refractivity contribution in [3.8, 4) is 0 Å². The Morgan fingerprint density at radius 2 is 2.26 bits per heavy atom. The van der Waals surface area contributed by atoms with Gasteiger partial charge in [-0.3, -0.25) is 0 Å². The van der Waals surface area contributed by atoms with Crippen LogP contribution >= 0.6 is 11.6 Å². The van der Waals surface area contributed by atoms with Crippen molar-refractivity contribution in [1.82, 2.24) is 4.98 Å². The molecule has 3 N–H and O–H groups in total. The van der Waals surface area contributed by atoms with E-state index in [2.05, 4.69) is 17.2 Å². The van der Waals surface area contributed by atoms with Crippen molar-refractivity contribution in [2.45, 2.75) is 26.2 Å². The maximum Gasteiger partial charge on any atom is 0.337 e. The first-order valence-corrected chi connectivity index (χ1v) is 6.70. The molecule has 1 atom stereocenters. The van der Waals surface area contributed by atoms with Crippen LogP contribution in [0.1, 0.15) is 36.5 Å². The molecule has 1 heterocycles. The highest BCUT2D eigenvalue weighted by Gasteiger charge is 2.14. The number of carboxylic acid groups (broad SMARTS) is 1. The fourth-order valence-corrected chi connectivity index (χ4v) is 2.17. The van der Waals surface area contributed by atoms with Gasteiger partial charge in [-0.05, 0) is 24.8 Å². The average Bonchev–Trinajstić information content (AvgIpc) is 2.37. The van der Waals surface area contributed by atoms with Gasteiger partial charge in [0.1, 0.15) is 5.82 Å². The zero-order chi connectivity index (χ0) is 14.3. The lowest BCUT2D eigenvalue weighted by atomic mass is 10.0. The van der Waals surface area contributed by atoms with E-state index in [0.717, 1.165) is 12.8 Å². The predicted molar refractivity (Wildman–Crippen MR) is 74.8 cm³/mol. The summed E-state index contributed by atoms with van der Waals surface area (Å²) >= 11 is 5.99. The summed E-state index contributed by atoms with van der Waals surface area (Å²) in [5, 5.41) is 21.1. The lowest BCUT2D eigenvalue weighted by molar-refractivity contribution is 0.0697. The first-order chi connectivity index (χ1) is 9.10. The van der Waals surface area contributed by atoms with E-state index in [0.29, 0.717) is 24.7 Å². The second-order valence-corrected chi connectivity index (χ2v) is 4.75. The fraction of sp³-hybridized carbons (Fsp3) is 0.538. The molecular weight excluding hydrogens is 268 g/mol. The highest BCUT2D eigenvalue weighted by atomic mass is 35.5. The van der Waals surface area contributed by atoms with Gasteiger partial charge < -0.3 is 15.5 Å². The van der Waals surface area contributed by atoms with Crippen LogP contribution in [-0.2, 0) is 0 Å².